The minimum Gasteiger partial charge on any atom is -0.375 e. The fourth-order valence-electron chi connectivity index (χ4n) is 0.610. The third-order valence-corrected chi connectivity index (χ3v) is 1.10. The van der Waals surface area contributed by atoms with Crippen LogP contribution in [0.3, 0.4) is 0 Å². The molecule has 1 rings (SSSR count). The lowest BCUT2D eigenvalue weighted by Gasteiger charge is -1.97. The summed E-state index contributed by atoms with van der Waals surface area (Å²) in [6.07, 6.45) is 3.23. The highest BCUT2D eigenvalue weighted by Gasteiger charge is 1.89. The van der Waals surface area contributed by atoms with Crippen LogP contribution >= 0.6 is 0 Å². The highest BCUT2D eigenvalue weighted by atomic mass is 16.5. The number of aromatic nitrogens is 2. The summed E-state index contributed by atoms with van der Waals surface area (Å²) in [6.45, 7) is 3.27. The van der Waals surface area contributed by atoms with Crippen molar-refractivity contribution in [1.82, 2.24) is 9.97 Å². The van der Waals surface area contributed by atoms with E-state index in [9.17, 15) is 0 Å². The molecule has 3 heteroatoms. The van der Waals surface area contributed by atoms with Gasteiger partial charge in [-0.1, -0.05) is 0 Å². The van der Waals surface area contributed by atoms with Gasteiger partial charge in [0.05, 0.1) is 12.3 Å². The first-order valence-electron chi connectivity index (χ1n) is 3.26. The first kappa shape index (κ1) is 7.15. The van der Waals surface area contributed by atoms with Crippen LogP contribution in [0.2, 0.25) is 0 Å². The largest absolute Gasteiger partial charge is 0.375 e. The second kappa shape index (κ2) is 3.95. The van der Waals surface area contributed by atoms with Gasteiger partial charge in [-0.05, 0) is 13.0 Å². The lowest BCUT2D eigenvalue weighted by Crippen LogP contribution is -1.94. The maximum atomic E-state index is 5.13. The Kier molecular flexibility index (Phi) is 2.83. The van der Waals surface area contributed by atoms with Crippen LogP contribution in [0.1, 0.15) is 12.6 Å². The van der Waals surface area contributed by atoms with E-state index in [0.717, 1.165) is 12.3 Å². The summed E-state index contributed by atoms with van der Waals surface area (Å²) in [5, 5.41) is 0. The Hall–Kier alpha value is -0.960. The van der Waals surface area contributed by atoms with Crippen molar-refractivity contribution in [3.8, 4) is 0 Å². The molecule has 0 fully saturated rings. The molecule has 0 aromatic carbocycles. The van der Waals surface area contributed by atoms with E-state index < -0.39 is 0 Å². The van der Waals surface area contributed by atoms with Crippen LogP contribution in [-0.4, -0.2) is 16.6 Å². The van der Waals surface area contributed by atoms with Crippen LogP contribution in [0.15, 0.2) is 18.6 Å². The van der Waals surface area contributed by atoms with Crippen molar-refractivity contribution < 1.29 is 4.74 Å². The van der Waals surface area contributed by atoms with Crippen LogP contribution in [-0.2, 0) is 11.3 Å². The summed E-state index contributed by atoms with van der Waals surface area (Å²) in [5.74, 6) is 0. The van der Waals surface area contributed by atoms with Gasteiger partial charge in [0, 0.05) is 12.8 Å². The second-order valence-corrected chi connectivity index (χ2v) is 1.84. The molecule has 3 nitrogen and oxygen atoms in total. The first-order chi connectivity index (χ1) is 4.93. The van der Waals surface area contributed by atoms with Crippen molar-refractivity contribution in [1.29, 1.82) is 0 Å². The van der Waals surface area contributed by atoms with Crippen molar-refractivity contribution in [2.75, 3.05) is 6.61 Å². The lowest BCUT2D eigenvalue weighted by molar-refractivity contribution is 0.131. The molecule has 0 bridgehead atoms. The van der Waals surface area contributed by atoms with Gasteiger partial charge in [-0.2, -0.15) is 0 Å². The van der Waals surface area contributed by atoms with Gasteiger partial charge >= 0.3 is 0 Å². The Balaban J connectivity index is 2.43. The van der Waals surface area contributed by atoms with Crippen molar-refractivity contribution in [2.24, 2.45) is 0 Å². The van der Waals surface area contributed by atoms with E-state index in [0.29, 0.717) is 6.61 Å². The average molecular weight is 138 g/mol. The fraction of sp³-hybridized carbons (Fsp3) is 0.429. The Morgan fingerprint density at radius 3 is 3.10 bits per heavy atom. The number of hydrogen-bond donors (Lipinski definition) is 0. The highest BCUT2D eigenvalue weighted by molar-refractivity contribution is 4.95. The maximum Gasteiger partial charge on any atom is 0.115 e. The third-order valence-electron chi connectivity index (χ3n) is 1.10. The molecular formula is C7H10N2O. The minimum atomic E-state index is 0.582. The van der Waals surface area contributed by atoms with E-state index in [2.05, 4.69) is 9.97 Å². The molecule has 0 aliphatic rings. The van der Waals surface area contributed by atoms with Gasteiger partial charge in [-0.3, -0.25) is 0 Å². The molecule has 0 atom stereocenters. The molecule has 0 amide bonds. The van der Waals surface area contributed by atoms with Crippen molar-refractivity contribution >= 4 is 0 Å². The molecule has 54 valence electrons. The average Bonchev–Trinajstić information content (AvgIpc) is 2.03. The summed E-state index contributed by atoms with van der Waals surface area (Å²) < 4.78 is 5.13. The van der Waals surface area contributed by atoms with Gasteiger partial charge < -0.3 is 4.74 Å². The molecule has 10 heavy (non-hydrogen) atoms. The van der Waals surface area contributed by atoms with E-state index >= 15 is 0 Å². The summed E-state index contributed by atoms with van der Waals surface area (Å²) in [4.78, 5) is 7.77. The number of hydrogen-bond acceptors (Lipinski definition) is 3. The Morgan fingerprint density at radius 2 is 2.50 bits per heavy atom. The molecule has 0 unspecified atom stereocenters. The van der Waals surface area contributed by atoms with E-state index in [1.165, 1.54) is 6.33 Å². The third kappa shape index (κ3) is 2.11. The van der Waals surface area contributed by atoms with Crippen LogP contribution in [0.5, 0.6) is 0 Å². The SMILES string of the molecule is CCOCc1ccncn1. The quantitative estimate of drug-likeness (QED) is 0.625. The molecule has 0 spiro atoms. The van der Waals surface area contributed by atoms with E-state index in [4.69, 9.17) is 4.74 Å². The molecule has 1 aromatic heterocycles. The Morgan fingerprint density at radius 1 is 1.60 bits per heavy atom. The summed E-state index contributed by atoms with van der Waals surface area (Å²) in [6, 6.07) is 1.84. The summed E-state index contributed by atoms with van der Waals surface area (Å²) in [7, 11) is 0. The van der Waals surface area contributed by atoms with E-state index in [-0.39, 0.29) is 0 Å². The molecule has 0 saturated heterocycles. The van der Waals surface area contributed by atoms with Crippen LogP contribution in [0.4, 0.5) is 0 Å². The first-order valence-corrected chi connectivity index (χ1v) is 3.26. The van der Waals surface area contributed by atoms with Crippen molar-refractivity contribution in [3.05, 3.63) is 24.3 Å². The second-order valence-electron chi connectivity index (χ2n) is 1.84. The zero-order valence-corrected chi connectivity index (χ0v) is 5.95. The van der Waals surface area contributed by atoms with E-state index in [1.54, 1.807) is 6.20 Å². The fourth-order valence-corrected chi connectivity index (χ4v) is 0.610. The molecule has 0 aliphatic carbocycles. The van der Waals surface area contributed by atoms with Crippen molar-refractivity contribution in [2.45, 2.75) is 13.5 Å². The number of ether oxygens (including phenoxy) is 1. The smallest absolute Gasteiger partial charge is 0.115 e. The number of rotatable bonds is 3. The molecular weight excluding hydrogens is 128 g/mol. The van der Waals surface area contributed by atoms with Gasteiger partial charge in [-0.15, -0.1) is 0 Å². The highest BCUT2D eigenvalue weighted by Crippen LogP contribution is 1.92. The summed E-state index contributed by atoms with van der Waals surface area (Å²) in [5.41, 5.74) is 0.928. The molecule has 0 saturated carbocycles. The minimum absolute atomic E-state index is 0.582. The normalized spacial score (nSPS) is 9.70. The van der Waals surface area contributed by atoms with Gasteiger partial charge in [-0.25, -0.2) is 9.97 Å². The maximum absolute atomic E-state index is 5.13. The zero-order chi connectivity index (χ0) is 7.23. The van der Waals surface area contributed by atoms with Crippen molar-refractivity contribution in [3.63, 3.8) is 0 Å². The Labute approximate surface area is 60.1 Å². The molecule has 0 radical (unpaired) electrons. The Bertz CT molecular complexity index is 176. The summed E-state index contributed by atoms with van der Waals surface area (Å²) >= 11 is 0. The monoisotopic (exact) mass is 138 g/mol. The molecule has 1 heterocycles. The molecule has 0 N–H and O–H groups in total. The molecule has 0 aliphatic heterocycles. The topological polar surface area (TPSA) is 35.0 Å². The van der Waals surface area contributed by atoms with Gasteiger partial charge in [0.15, 0.2) is 0 Å². The number of nitrogens with zero attached hydrogens (tertiary/aromatic N) is 2. The zero-order valence-electron chi connectivity index (χ0n) is 5.95. The van der Waals surface area contributed by atoms with E-state index in [1.807, 2.05) is 13.0 Å². The van der Waals surface area contributed by atoms with Gasteiger partial charge in [0.25, 0.3) is 0 Å². The lowest BCUT2D eigenvalue weighted by atomic mass is 10.4. The molecule has 1 aromatic rings. The standard InChI is InChI=1S/C7H10N2O/c1-2-10-5-7-3-4-8-6-9-7/h3-4,6H,2,5H2,1H3. The van der Waals surface area contributed by atoms with Crippen LogP contribution in [0, 0.1) is 0 Å². The van der Waals surface area contributed by atoms with Gasteiger partial charge in [0.2, 0.25) is 0 Å². The van der Waals surface area contributed by atoms with Gasteiger partial charge in [0.1, 0.15) is 6.33 Å². The van der Waals surface area contributed by atoms with Crippen LogP contribution in [0.25, 0.3) is 0 Å². The predicted octanol–water partition coefficient (Wildman–Crippen LogP) is 1.01. The van der Waals surface area contributed by atoms with Crippen LogP contribution < -0.4 is 0 Å². The predicted molar refractivity (Wildman–Crippen MR) is 37.4 cm³/mol.